The molecule has 0 radical (unpaired) electrons. The number of halogens is 1. The highest BCUT2D eigenvalue weighted by Gasteiger charge is 2.28. The van der Waals surface area contributed by atoms with Crippen LogP contribution in [0.15, 0.2) is 24.3 Å². The fraction of sp³-hybridized carbons (Fsp3) is 0.500. The minimum atomic E-state index is -0.918. The number of hydrogen-bond donors (Lipinski definition) is 1. The van der Waals surface area contributed by atoms with Crippen LogP contribution in [0.5, 0.6) is 0 Å². The lowest BCUT2D eigenvalue weighted by atomic mass is 10.0. The van der Waals surface area contributed by atoms with Crippen molar-refractivity contribution in [2.24, 2.45) is 0 Å². The number of rotatable bonds is 4. The summed E-state index contributed by atoms with van der Waals surface area (Å²) in [4.78, 5) is 13.0. The van der Waals surface area contributed by atoms with Gasteiger partial charge >= 0.3 is 5.97 Å². The SMILES string of the molecule is CC(Cc1ccc(F)cc1)N1CCOC(C(=O)O)C1. The fourth-order valence-electron chi connectivity index (χ4n) is 2.31. The molecular weight excluding hydrogens is 249 g/mol. The lowest BCUT2D eigenvalue weighted by molar-refractivity contribution is -0.156. The molecule has 0 spiro atoms. The third-order valence-corrected chi connectivity index (χ3v) is 3.44. The molecule has 2 atom stereocenters. The molecule has 5 heteroatoms. The first-order valence-corrected chi connectivity index (χ1v) is 6.39. The quantitative estimate of drug-likeness (QED) is 0.899. The molecule has 104 valence electrons. The Morgan fingerprint density at radius 2 is 2.21 bits per heavy atom. The zero-order chi connectivity index (χ0) is 13.8. The minimum absolute atomic E-state index is 0.205. The Hall–Kier alpha value is -1.46. The number of nitrogens with zero attached hydrogens (tertiary/aromatic N) is 1. The van der Waals surface area contributed by atoms with Gasteiger partial charge in [0.25, 0.3) is 0 Å². The van der Waals surface area contributed by atoms with Gasteiger partial charge in [0.1, 0.15) is 5.82 Å². The van der Waals surface area contributed by atoms with Crippen molar-refractivity contribution in [2.75, 3.05) is 19.7 Å². The smallest absolute Gasteiger partial charge is 0.334 e. The van der Waals surface area contributed by atoms with Crippen LogP contribution in [-0.4, -0.2) is 47.8 Å². The van der Waals surface area contributed by atoms with Crippen LogP contribution in [0.3, 0.4) is 0 Å². The molecule has 4 nitrogen and oxygen atoms in total. The van der Waals surface area contributed by atoms with Gasteiger partial charge in [-0.1, -0.05) is 12.1 Å². The Bertz CT molecular complexity index is 435. The Labute approximate surface area is 111 Å². The third-order valence-electron chi connectivity index (χ3n) is 3.44. The van der Waals surface area contributed by atoms with E-state index in [1.165, 1.54) is 12.1 Å². The summed E-state index contributed by atoms with van der Waals surface area (Å²) in [5, 5.41) is 8.96. The van der Waals surface area contributed by atoms with E-state index in [0.717, 1.165) is 18.5 Å². The largest absolute Gasteiger partial charge is 0.479 e. The first-order valence-electron chi connectivity index (χ1n) is 6.39. The number of benzene rings is 1. The van der Waals surface area contributed by atoms with Gasteiger partial charge in [-0.3, -0.25) is 4.90 Å². The van der Waals surface area contributed by atoms with E-state index in [9.17, 15) is 9.18 Å². The van der Waals surface area contributed by atoms with Gasteiger partial charge in [0.05, 0.1) is 6.61 Å². The molecule has 1 heterocycles. The average Bonchev–Trinajstić information content (AvgIpc) is 2.41. The molecule has 0 bridgehead atoms. The number of carbonyl (C=O) groups is 1. The minimum Gasteiger partial charge on any atom is -0.479 e. The van der Waals surface area contributed by atoms with E-state index in [2.05, 4.69) is 4.90 Å². The molecule has 0 saturated carbocycles. The molecule has 0 amide bonds. The summed E-state index contributed by atoms with van der Waals surface area (Å²) in [5.74, 6) is -1.16. The van der Waals surface area contributed by atoms with Crippen molar-refractivity contribution in [1.29, 1.82) is 0 Å². The lowest BCUT2D eigenvalue weighted by Crippen LogP contribution is -2.50. The van der Waals surface area contributed by atoms with Gasteiger partial charge in [0.2, 0.25) is 0 Å². The third kappa shape index (κ3) is 3.75. The van der Waals surface area contributed by atoms with Crippen LogP contribution in [0.25, 0.3) is 0 Å². The summed E-state index contributed by atoms with van der Waals surface area (Å²) in [6.07, 6.45) is 0.0245. The standard InChI is InChI=1S/C14H18FNO3/c1-10(8-11-2-4-12(15)5-3-11)16-6-7-19-13(9-16)14(17)18/h2-5,10,13H,6-9H2,1H3,(H,17,18). The first-order chi connectivity index (χ1) is 9.06. The Morgan fingerprint density at radius 3 is 2.84 bits per heavy atom. The Morgan fingerprint density at radius 1 is 1.53 bits per heavy atom. The fourth-order valence-corrected chi connectivity index (χ4v) is 2.31. The van der Waals surface area contributed by atoms with Crippen LogP contribution >= 0.6 is 0 Å². The monoisotopic (exact) mass is 267 g/mol. The Balaban J connectivity index is 1.93. The van der Waals surface area contributed by atoms with E-state index in [-0.39, 0.29) is 11.9 Å². The first kappa shape index (κ1) is 14.0. The van der Waals surface area contributed by atoms with Crippen molar-refractivity contribution in [3.05, 3.63) is 35.6 Å². The van der Waals surface area contributed by atoms with E-state index >= 15 is 0 Å². The Kier molecular flexibility index (Phi) is 4.50. The van der Waals surface area contributed by atoms with Crippen molar-refractivity contribution in [3.8, 4) is 0 Å². The maximum atomic E-state index is 12.8. The molecule has 1 fully saturated rings. The predicted molar refractivity (Wildman–Crippen MR) is 68.5 cm³/mol. The van der Waals surface area contributed by atoms with Gasteiger partial charge in [0.15, 0.2) is 6.10 Å². The van der Waals surface area contributed by atoms with Gasteiger partial charge < -0.3 is 9.84 Å². The van der Waals surface area contributed by atoms with Gasteiger partial charge in [-0.2, -0.15) is 0 Å². The molecule has 2 unspecified atom stereocenters. The molecule has 0 aliphatic carbocycles. The highest BCUT2D eigenvalue weighted by Crippen LogP contribution is 2.14. The van der Waals surface area contributed by atoms with Crippen molar-refractivity contribution in [1.82, 2.24) is 4.90 Å². The number of ether oxygens (including phenoxy) is 1. The molecule has 1 saturated heterocycles. The van der Waals surface area contributed by atoms with Crippen molar-refractivity contribution < 1.29 is 19.0 Å². The van der Waals surface area contributed by atoms with Crippen LogP contribution in [0.1, 0.15) is 12.5 Å². The van der Waals surface area contributed by atoms with E-state index < -0.39 is 12.1 Å². The molecule has 0 aromatic heterocycles. The predicted octanol–water partition coefficient (Wildman–Crippen LogP) is 1.54. The molecule has 1 aliphatic rings. The van der Waals surface area contributed by atoms with Crippen LogP contribution in [0.2, 0.25) is 0 Å². The summed E-state index contributed by atoms with van der Waals surface area (Å²) in [5.41, 5.74) is 1.05. The zero-order valence-corrected chi connectivity index (χ0v) is 10.9. The molecule has 1 aliphatic heterocycles. The lowest BCUT2D eigenvalue weighted by Gasteiger charge is -2.35. The van der Waals surface area contributed by atoms with E-state index in [4.69, 9.17) is 9.84 Å². The number of carboxylic acid groups (broad SMARTS) is 1. The molecule has 2 rings (SSSR count). The topological polar surface area (TPSA) is 49.8 Å². The maximum Gasteiger partial charge on any atom is 0.334 e. The summed E-state index contributed by atoms with van der Waals surface area (Å²) in [6, 6.07) is 6.63. The summed E-state index contributed by atoms with van der Waals surface area (Å²) < 4.78 is 18.0. The molecule has 1 N–H and O–H groups in total. The second kappa shape index (κ2) is 6.12. The van der Waals surface area contributed by atoms with Crippen LogP contribution in [0.4, 0.5) is 4.39 Å². The van der Waals surface area contributed by atoms with E-state index in [1.807, 2.05) is 6.92 Å². The van der Waals surface area contributed by atoms with Crippen molar-refractivity contribution in [3.63, 3.8) is 0 Å². The second-order valence-corrected chi connectivity index (χ2v) is 4.87. The van der Waals surface area contributed by atoms with Crippen LogP contribution < -0.4 is 0 Å². The number of carboxylic acids is 1. The number of hydrogen-bond acceptors (Lipinski definition) is 3. The number of morpholine rings is 1. The highest BCUT2D eigenvalue weighted by molar-refractivity contribution is 5.72. The highest BCUT2D eigenvalue weighted by atomic mass is 19.1. The van der Waals surface area contributed by atoms with E-state index in [0.29, 0.717) is 13.2 Å². The maximum absolute atomic E-state index is 12.8. The second-order valence-electron chi connectivity index (χ2n) is 4.87. The van der Waals surface area contributed by atoms with Crippen molar-refractivity contribution in [2.45, 2.75) is 25.5 Å². The van der Waals surface area contributed by atoms with Crippen molar-refractivity contribution >= 4 is 5.97 Å². The van der Waals surface area contributed by atoms with Gasteiger partial charge in [-0.05, 0) is 31.0 Å². The molecule has 1 aromatic rings. The normalized spacial score (nSPS) is 22.1. The van der Waals surface area contributed by atoms with Gasteiger partial charge in [-0.25, -0.2) is 9.18 Å². The van der Waals surface area contributed by atoms with Gasteiger partial charge in [-0.15, -0.1) is 0 Å². The summed E-state index contributed by atoms with van der Waals surface area (Å²) >= 11 is 0. The zero-order valence-electron chi connectivity index (χ0n) is 10.9. The molecule has 1 aromatic carbocycles. The number of aliphatic carboxylic acids is 1. The van der Waals surface area contributed by atoms with E-state index in [1.54, 1.807) is 12.1 Å². The van der Waals surface area contributed by atoms with Crippen LogP contribution in [0, 0.1) is 5.82 Å². The summed E-state index contributed by atoms with van der Waals surface area (Å²) in [6.45, 7) is 3.61. The average molecular weight is 267 g/mol. The molecule has 19 heavy (non-hydrogen) atoms. The summed E-state index contributed by atoms with van der Waals surface area (Å²) in [7, 11) is 0. The molecular formula is C14H18FNO3. The van der Waals surface area contributed by atoms with Gasteiger partial charge in [0, 0.05) is 19.1 Å². The van der Waals surface area contributed by atoms with Crippen LogP contribution in [-0.2, 0) is 16.0 Å².